The Hall–Kier alpha value is -1.70. The lowest BCUT2D eigenvalue weighted by molar-refractivity contribution is -0.342. The number of unbranched alkanes of at least 4 members (excludes halogenated alkanes) is 1. The van der Waals surface area contributed by atoms with Gasteiger partial charge in [-0.1, -0.05) is 0 Å². The van der Waals surface area contributed by atoms with Crippen molar-refractivity contribution in [2.45, 2.75) is 36.9 Å². The average Bonchev–Trinajstić information content (AvgIpc) is 2.41. The molecule has 0 saturated carbocycles. The van der Waals surface area contributed by atoms with Crippen molar-refractivity contribution in [3.8, 4) is 0 Å². The number of alkyl halides is 8. The minimum absolute atomic E-state index is 0.681. The molecule has 0 aromatic rings. The molecule has 0 aliphatic rings. The van der Waals surface area contributed by atoms with Crippen LogP contribution in [-0.4, -0.2) is 59.4 Å². The molecule has 0 unspecified atom stereocenters. The number of hydrogen-bond acceptors (Lipinski definition) is 4. The number of carboxylic acids is 2. The van der Waals surface area contributed by atoms with Crippen LogP contribution in [0.2, 0.25) is 0 Å². The van der Waals surface area contributed by atoms with Crippen LogP contribution in [0.1, 0.15) is 12.8 Å². The first-order valence-corrected chi connectivity index (χ1v) is 5.85. The number of rotatable bonds is 11. The Morgan fingerprint density at radius 2 is 0.917 bits per heavy atom. The van der Waals surface area contributed by atoms with Gasteiger partial charge in [0.2, 0.25) is 0 Å². The van der Waals surface area contributed by atoms with E-state index >= 15 is 0 Å². The molecule has 0 atom stereocenters. The second-order valence-electron chi connectivity index (χ2n) is 4.20. The van der Waals surface area contributed by atoms with E-state index in [-0.39, 0.29) is 0 Å². The van der Waals surface area contributed by atoms with Gasteiger partial charge in [0.1, 0.15) is 0 Å². The van der Waals surface area contributed by atoms with Crippen molar-refractivity contribution >= 4 is 11.9 Å². The van der Waals surface area contributed by atoms with Gasteiger partial charge in [0.25, 0.3) is 0 Å². The number of carboxylic acid groups (broad SMARTS) is 2. The Morgan fingerprint density at radius 3 is 1.12 bits per heavy atom. The second kappa shape index (κ2) is 7.46. The normalized spacial score (nSPS) is 13.8. The molecule has 0 saturated heterocycles. The van der Waals surface area contributed by atoms with Crippen molar-refractivity contribution < 1.29 is 64.4 Å². The first-order valence-electron chi connectivity index (χ1n) is 5.85. The maximum absolute atomic E-state index is 12.7. The Kier molecular flexibility index (Phi) is 6.93. The highest BCUT2D eigenvalue weighted by atomic mass is 19.3. The van der Waals surface area contributed by atoms with E-state index < -0.39 is 62.1 Å². The molecule has 0 aliphatic carbocycles. The second-order valence-corrected chi connectivity index (χ2v) is 4.20. The molecule has 0 bridgehead atoms. The molecule has 6 nitrogen and oxygen atoms in total. The monoisotopic (exact) mass is 378 g/mol. The average molecular weight is 378 g/mol. The molecule has 24 heavy (non-hydrogen) atoms. The first-order chi connectivity index (χ1) is 10.6. The lowest BCUT2D eigenvalue weighted by Gasteiger charge is -2.23. The Balaban J connectivity index is 4.30. The van der Waals surface area contributed by atoms with Gasteiger partial charge in [-0.25, -0.2) is 9.59 Å². The summed E-state index contributed by atoms with van der Waals surface area (Å²) in [7, 11) is 0. The van der Waals surface area contributed by atoms with Crippen LogP contribution < -0.4 is 0 Å². The third kappa shape index (κ3) is 4.90. The predicted octanol–water partition coefficient (Wildman–Crippen LogP) is 2.43. The summed E-state index contributed by atoms with van der Waals surface area (Å²) in [6.45, 7) is -2.47. The number of halogens is 8. The van der Waals surface area contributed by atoms with Gasteiger partial charge in [-0.05, 0) is 12.8 Å². The van der Waals surface area contributed by atoms with Crippen LogP contribution in [0.25, 0.3) is 0 Å². The third-order valence-electron chi connectivity index (χ3n) is 2.37. The highest BCUT2D eigenvalue weighted by Gasteiger charge is 2.65. The molecular weight excluding hydrogens is 368 g/mol. The van der Waals surface area contributed by atoms with Crippen LogP contribution in [0.4, 0.5) is 35.1 Å². The highest BCUT2D eigenvalue weighted by molar-refractivity contribution is 5.76. The van der Waals surface area contributed by atoms with Gasteiger partial charge in [0, 0.05) is 0 Å². The van der Waals surface area contributed by atoms with E-state index in [1.807, 2.05) is 0 Å². The third-order valence-corrected chi connectivity index (χ3v) is 2.37. The standard InChI is InChI=1S/C10H10F8O6/c11-7(12,5(19)20)9(15,16)23-3-1-2-4-24-10(17,18)8(13,14)6(21)22/h1-4H2,(H,19,20)(H,21,22). The molecule has 0 radical (unpaired) electrons. The zero-order valence-corrected chi connectivity index (χ0v) is 11.4. The molecule has 0 spiro atoms. The molecule has 0 aliphatic heterocycles. The van der Waals surface area contributed by atoms with Crippen molar-refractivity contribution in [3.63, 3.8) is 0 Å². The van der Waals surface area contributed by atoms with E-state index in [4.69, 9.17) is 10.2 Å². The maximum atomic E-state index is 12.7. The minimum atomic E-state index is -5.54. The summed E-state index contributed by atoms with van der Waals surface area (Å²) in [4.78, 5) is 19.9. The molecule has 0 rings (SSSR count). The lowest BCUT2D eigenvalue weighted by atomic mass is 10.3. The molecule has 2 N–H and O–H groups in total. The van der Waals surface area contributed by atoms with Gasteiger partial charge in [-0.2, -0.15) is 35.1 Å². The van der Waals surface area contributed by atoms with E-state index in [0.29, 0.717) is 0 Å². The molecule has 142 valence electrons. The molecule has 0 aromatic carbocycles. The number of hydrogen-bond donors (Lipinski definition) is 2. The van der Waals surface area contributed by atoms with E-state index in [2.05, 4.69) is 9.47 Å². The van der Waals surface area contributed by atoms with Crippen LogP contribution >= 0.6 is 0 Å². The topological polar surface area (TPSA) is 93.1 Å². The summed E-state index contributed by atoms with van der Waals surface area (Å²) in [6.07, 6.45) is -12.1. The largest absolute Gasteiger partial charge is 0.477 e. The summed E-state index contributed by atoms with van der Waals surface area (Å²) in [5, 5.41) is 15.8. The number of carbonyl (C=O) groups is 2. The molecule has 0 heterocycles. The van der Waals surface area contributed by atoms with Gasteiger partial charge in [0.15, 0.2) is 0 Å². The summed E-state index contributed by atoms with van der Waals surface area (Å²) in [6, 6.07) is 0. The fourth-order valence-electron chi connectivity index (χ4n) is 1.04. The van der Waals surface area contributed by atoms with Crippen molar-refractivity contribution in [1.29, 1.82) is 0 Å². The van der Waals surface area contributed by atoms with Crippen LogP contribution in [0.15, 0.2) is 0 Å². The smallest absolute Gasteiger partial charge is 0.431 e. The molecule has 0 amide bonds. The number of ether oxygens (including phenoxy) is 2. The van der Waals surface area contributed by atoms with E-state index in [1.54, 1.807) is 0 Å². The molecule has 0 aromatic heterocycles. The van der Waals surface area contributed by atoms with Crippen LogP contribution in [-0.2, 0) is 19.1 Å². The summed E-state index contributed by atoms with van der Waals surface area (Å²) in [5.41, 5.74) is 0. The zero-order valence-electron chi connectivity index (χ0n) is 11.4. The van der Waals surface area contributed by atoms with Crippen molar-refractivity contribution in [2.75, 3.05) is 13.2 Å². The van der Waals surface area contributed by atoms with Crippen molar-refractivity contribution in [2.24, 2.45) is 0 Å². The summed E-state index contributed by atoms with van der Waals surface area (Å²) >= 11 is 0. The van der Waals surface area contributed by atoms with E-state index in [1.165, 1.54) is 0 Å². The van der Waals surface area contributed by atoms with Gasteiger partial charge >= 0.3 is 36.0 Å². The molecule has 0 fully saturated rings. The Bertz CT molecular complexity index is 424. The number of aliphatic carboxylic acids is 2. The van der Waals surface area contributed by atoms with Gasteiger partial charge in [0.05, 0.1) is 13.2 Å². The van der Waals surface area contributed by atoms with Crippen LogP contribution in [0.3, 0.4) is 0 Å². The predicted molar refractivity (Wildman–Crippen MR) is 56.2 cm³/mol. The fraction of sp³-hybridized carbons (Fsp3) is 0.800. The fourth-order valence-corrected chi connectivity index (χ4v) is 1.04. The maximum Gasteiger partial charge on any atom is 0.431 e. The molecule has 14 heteroatoms. The Labute approximate surface area is 127 Å². The Morgan fingerprint density at radius 1 is 0.667 bits per heavy atom. The highest BCUT2D eigenvalue weighted by Crippen LogP contribution is 2.36. The van der Waals surface area contributed by atoms with E-state index in [9.17, 15) is 44.7 Å². The van der Waals surface area contributed by atoms with Gasteiger partial charge in [-0.15, -0.1) is 0 Å². The van der Waals surface area contributed by atoms with Gasteiger partial charge in [-0.3, -0.25) is 0 Å². The lowest BCUT2D eigenvalue weighted by Crippen LogP contribution is -2.49. The zero-order chi connectivity index (χ0) is 19.4. The van der Waals surface area contributed by atoms with E-state index in [0.717, 1.165) is 0 Å². The SMILES string of the molecule is O=C(O)C(F)(F)C(F)(F)OCCCCOC(F)(F)C(F)(F)C(=O)O. The summed E-state index contributed by atoms with van der Waals surface area (Å²) in [5.74, 6) is -17.4. The van der Waals surface area contributed by atoms with Crippen LogP contribution in [0, 0.1) is 0 Å². The first kappa shape index (κ1) is 22.3. The van der Waals surface area contributed by atoms with Crippen molar-refractivity contribution in [1.82, 2.24) is 0 Å². The van der Waals surface area contributed by atoms with Crippen molar-refractivity contribution in [3.05, 3.63) is 0 Å². The minimum Gasteiger partial charge on any atom is -0.477 e. The quantitative estimate of drug-likeness (QED) is 0.424. The molecular formula is C10H10F8O6. The van der Waals surface area contributed by atoms with Gasteiger partial charge < -0.3 is 19.7 Å². The van der Waals surface area contributed by atoms with Crippen LogP contribution in [0.5, 0.6) is 0 Å². The summed E-state index contributed by atoms with van der Waals surface area (Å²) < 4.78 is 108.